The Hall–Kier alpha value is -1.36. The topological polar surface area (TPSA) is 55.8 Å². The van der Waals surface area contributed by atoms with Crippen molar-refractivity contribution in [3.8, 4) is 11.5 Å². The minimum absolute atomic E-state index is 0.472. The van der Waals surface area contributed by atoms with Gasteiger partial charge in [0.25, 0.3) is 0 Å². The maximum atomic E-state index is 10.8. The van der Waals surface area contributed by atoms with Crippen molar-refractivity contribution < 1.29 is 19.4 Å². The van der Waals surface area contributed by atoms with Gasteiger partial charge in [0, 0.05) is 11.3 Å². The van der Waals surface area contributed by atoms with Crippen LogP contribution in [-0.2, 0) is 4.79 Å². The zero-order valence-corrected chi connectivity index (χ0v) is 10.3. The first-order valence-electron chi connectivity index (χ1n) is 5.46. The summed E-state index contributed by atoms with van der Waals surface area (Å²) in [6.45, 7) is 2.96. The molecule has 0 aromatic heterocycles. The molecule has 0 spiro atoms. The predicted octanol–water partition coefficient (Wildman–Crippen LogP) is 2.41. The van der Waals surface area contributed by atoms with Crippen LogP contribution in [0.2, 0.25) is 0 Å². The molecule has 1 N–H and O–H groups in total. The minimum atomic E-state index is -0.817. The van der Waals surface area contributed by atoms with Crippen molar-refractivity contribution >= 4 is 17.7 Å². The highest BCUT2D eigenvalue weighted by Crippen LogP contribution is 2.35. The van der Waals surface area contributed by atoms with Crippen molar-refractivity contribution in [2.75, 3.05) is 13.2 Å². The van der Waals surface area contributed by atoms with Gasteiger partial charge in [-0.1, -0.05) is 0 Å². The average Bonchev–Trinajstić information content (AvgIpc) is 2.53. The second kappa shape index (κ2) is 5.31. The van der Waals surface area contributed by atoms with Gasteiger partial charge in [0.05, 0.1) is 13.2 Å². The van der Waals surface area contributed by atoms with Crippen LogP contribution in [0, 0.1) is 0 Å². The SMILES string of the molecule is C[C@@H](Sc1ccc2c(c1)OCCCO2)C(=O)O. The fraction of sp³-hybridized carbons (Fsp3) is 0.417. The number of rotatable bonds is 3. The summed E-state index contributed by atoms with van der Waals surface area (Å²) >= 11 is 1.30. The van der Waals surface area contributed by atoms with Gasteiger partial charge in [0.1, 0.15) is 5.25 Å². The summed E-state index contributed by atoms with van der Waals surface area (Å²) < 4.78 is 11.1. The Labute approximate surface area is 104 Å². The quantitative estimate of drug-likeness (QED) is 0.839. The van der Waals surface area contributed by atoms with Crippen LogP contribution in [-0.4, -0.2) is 29.5 Å². The molecule has 0 saturated heterocycles. The summed E-state index contributed by atoms with van der Waals surface area (Å²) in [4.78, 5) is 11.6. The van der Waals surface area contributed by atoms with Crippen molar-refractivity contribution in [3.05, 3.63) is 18.2 Å². The van der Waals surface area contributed by atoms with Gasteiger partial charge in [0.15, 0.2) is 11.5 Å². The molecule has 1 atom stereocenters. The Kier molecular flexibility index (Phi) is 3.78. The van der Waals surface area contributed by atoms with E-state index in [4.69, 9.17) is 14.6 Å². The van der Waals surface area contributed by atoms with E-state index in [0.717, 1.165) is 17.1 Å². The molecule has 1 heterocycles. The first-order chi connectivity index (χ1) is 8.16. The summed E-state index contributed by atoms with van der Waals surface area (Å²) in [6, 6.07) is 5.53. The van der Waals surface area contributed by atoms with E-state index < -0.39 is 11.2 Å². The number of hydrogen-bond donors (Lipinski definition) is 1. The Morgan fingerprint density at radius 3 is 2.76 bits per heavy atom. The number of benzene rings is 1. The normalized spacial score (nSPS) is 16.1. The molecule has 0 saturated carbocycles. The molecule has 2 rings (SSSR count). The third-order valence-corrected chi connectivity index (χ3v) is 3.46. The smallest absolute Gasteiger partial charge is 0.316 e. The van der Waals surface area contributed by atoms with Crippen molar-refractivity contribution in [1.82, 2.24) is 0 Å². The van der Waals surface area contributed by atoms with Crippen LogP contribution in [0.25, 0.3) is 0 Å². The van der Waals surface area contributed by atoms with Gasteiger partial charge in [-0.25, -0.2) is 0 Å². The molecular weight excluding hydrogens is 240 g/mol. The number of ether oxygens (including phenoxy) is 2. The van der Waals surface area contributed by atoms with Crippen LogP contribution in [0.1, 0.15) is 13.3 Å². The summed E-state index contributed by atoms with van der Waals surface area (Å²) in [6.07, 6.45) is 0.864. The molecule has 0 fully saturated rings. The fourth-order valence-corrected chi connectivity index (χ4v) is 2.30. The number of thioether (sulfide) groups is 1. The molecule has 0 radical (unpaired) electrons. The van der Waals surface area contributed by atoms with E-state index in [-0.39, 0.29) is 0 Å². The van der Waals surface area contributed by atoms with Crippen molar-refractivity contribution in [2.45, 2.75) is 23.5 Å². The second-order valence-electron chi connectivity index (χ2n) is 3.76. The maximum absolute atomic E-state index is 10.8. The molecule has 0 bridgehead atoms. The highest BCUT2D eigenvalue weighted by atomic mass is 32.2. The number of fused-ring (bicyclic) bond motifs is 1. The van der Waals surface area contributed by atoms with Crippen LogP contribution in [0.4, 0.5) is 0 Å². The number of carboxylic acid groups (broad SMARTS) is 1. The number of carbonyl (C=O) groups is 1. The molecule has 1 aliphatic rings. The molecule has 5 heteroatoms. The van der Waals surface area contributed by atoms with Crippen molar-refractivity contribution in [2.24, 2.45) is 0 Å². The molecular formula is C12H14O4S. The third kappa shape index (κ3) is 3.06. The highest BCUT2D eigenvalue weighted by Gasteiger charge is 2.15. The van der Waals surface area contributed by atoms with Gasteiger partial charge in [-0.05, 0) is 25.1 Å². The Morgan fingerprint density at radius 1 is 1.35 bits per heavy atom. The minimum Gasteiger partial charge on any atom is -0.490 e. The van der Waals surface area contributed by atoms with E-state index in [2.05, 4.69) is 0 Å². The monoisotopic (exact) mass is 254 g/mol. The zero-order valence-electron chi connectivity index (χ0n) is 9.51. The number of carboxylic acids is 1. The number of hydrogen-bond acceptors (Lipinski definition) is 4. The summed E-state index contributed by atoms with van der Waals surface area (Å²) in [5, 5.41) is 8.38. The van der Waals surface area contributed by atoms with Crippen LogP contribution < -0.4 is 9.47 Å². The van der Waals surface area contributed by atoms with E-state index in [1.807, 2.05) is 18.2 Å². The van der Waals surface area contributed by atoms with Crippen molar-refractivity contribution in [3.63, 3.8) is 0 Å². The highest BCUT2D eigenvalue weighted by molar-refractivity contribution is 8.00. The molecule has 0 unspecified atom stereocenters. The summed E-state index contributed by atoms with van der Waals surface area (Å²) in [5.74, 6) is 0.613. The van der Waals surface area contributed by atoms with Gasteiger partial charge < -0.3 is 14.6 Å². The fourth-order valence-electron chi connectivity index (χ4n) is 1.47. The summed E-state index contributed by atoms with van der Waals surface area (Å²) in [5.41, 5.74) is 0. The molecule has 0 amide bonds. The van der Waals surface area contributed by atoms with Crippen LogP contribution >= 0.6 is 11.8 Å². The van der Waals surface area contributed by atoms with E-state index in [9.17, 15) is 4.79 Å². The molecule has 1 aromatic carbocycles. The Balaban J connectivity index is 2.15. The molecule has 17 heavy (non-hydrogen) atoms. The average molecular weight is 254 g/mol. The second-order valence-corrected chi connectivity index (χ2v) is 5.17. The lowest BCUT2D eigenvalue weighted by atomic mass is 10.3. The predicted molar refractivity (Wildman–Crippen MR) is 65.0 cm³/mol. The van der Waals surface area contributed by atoms with Crippen molar-refractivity contribution in [1.29, 1.82) is 0 Å². The van der Waals surface area contributed by atoms with E-state index >= 15 is 0 Å². The first-order valence-corrected chi connectivity index (χ1v) is 6.34. The van der Waals surface area contributed by atoms with Gasteiger partial charge in [-0.15, -0.1) is 11.8 Å². The lowest BCUT2D eigenvalue weighted by Gasteiger charge is -2.10. The Morgan fingerprint density at radius 2 is 2.06 bits per heavy atom. The van der Waals surface area contributed by atoms with Crippen LogP contribution in [0.15, 0.2) is 23.1 Å². The molecule has 0 aliphatic carbocycles. The third-order valence-electron chi connectivity index (χ3n) is 2.38. The summed E-state index contributed by atoms with van der Waals surface area (Å²) in [7, 11) is 0. The van der Waals surface area contributed by atoms with E-state index in [1.165, 1.54) is 11.8 Å². The number of aliphatic carboxylic acids is 1. The van der Waals surface area contributed by atoms with Gasteiger partial charge in [-0.2, -0.15) is 0 Å². The standard InChI is InChI=1S/C12H14O4S/c1-8(12(13)14)17-9-3-4-10-11(7-9)16-6-2-5-15-10/h3-4,7-8H,2,5-6H2,1H3,(H,13,14)/t8-/m1/s1. The zero-order chi connectivity index (χ0) is 12.3. The van der Waals surface area contributed by atoms with Gasteiger partial charge >= 0.3 is 5.97 Å². The molecule has 1 aromatic rings. The maximum Gasteiger partial charge on any atom is 0.316 e. The lowest BCUT2D eigenvalue weighted by molar-refractivity contribution is -0.136. The van der Waals surface area contributed by atoms with Gasteiger partial charge in [0.2, 0.25) is 0 Å². The molecule has 92 valence electrons. The van der Waals surface area contributed by atoms with Crippen LogP contribution in [0.3, 0.4) is 0 Å². The molecule has 4 nitrogen and oxygen atoms in total. The first kappa shape index (κ1) is 12.1. The van der Waals surface area contributed by atoms with Crippen LogP contribution in [0.5, 0.6) is 11.5 Å². The Bertz CT molecular complexity index is 419. The lowest BCUT2D eigenvalue weighted by Crippen LogP contribution is -2.10. The van der Waals surface area contributed by atoms with E-state index in [1.54, 1.807) is 6.92 Å². The largest absolute Gasteiger partial charge is 0.490 e. The van der Waals surface area contributed by atoms with E-state index in [0.29, 0.717) is 19.0 Å². The molecule has 1 aliphatic heterocycles. The van der Waals surface area contributed by atoms with Gasteiger partial charge in [-0.3, -0.25) is 4.79 Å².